The molecule has 0 atom stereocenters. The number of likely N-dealkylation sites (N-methyl/N-ethyl adjacent to an activating group) is 1. The van der Waals surface area contributed by atoms with Crippen molar-refractivity contribution < 1.29 is 19.1 Å². The maximum Gasteiger partial charge on any atom is 0.325 e. The van der Waals surface area contributed by atoms with Gasteiger partial charge in [-0.15, -0.1) is 0 Å². The Morgan fingerprint density at radius 1 is 1.25 bits per heavy atom. The molecule has 0 aromatic carbocycles. The first-order chi connectivity index (χ1) is 7.51. The highest BCUT2D eigenvalue weighted by atomic mass is 16.5. The molecule has 0 saturated heterocycles. The lowest BCUT2D eigenvalue weighted by Crippen LogP contribution is -2.39. The molecule has 0 heterocycles. The molecule has 0 saturated carbocycles. The van der Waals surface area contributed by atoms with Gasteiger partial charge in [-0.05, 0) is 27.7 Å². The fraction of sp³-hybridized carbons (Fsp3) is 0.818. The second kappa shape index (κ2) is 8.10. The van der Waals surface area contributed by atoms with E-state index in [9.17, 15) is 9.59 Å². The van der Waals surface area contributed by atoms with Crippen LogP contribution in [0.3, 0.4) is 0 Å². The molecule has 16 heavy (non-hydrogen) atoms. The lowest BCUT2D eigenvalue weighted by atomic mass is 10.4. The third kappa shape index (κ3) is 6.40. The minimum atomic E-state index is -0.387. The van der Waals surface area contributed by atoms with Crippen molar-refractivity contribution in [2.75, 3.05) is 26.3 Å². The SMILES string of the molecule is CCOC(=O)CN(CC)C(=O)COC(C)C. The summed E-state index contributed by atoms with van der Waals surface area (Å²) in [7, 11) is 0. The standard InChI is InChI=1S/C11H21NO4/c1-5-12(7-11(14)15-6-2)10(13)8-16-9(3)4/h9H,5-8H2,1-4H3. The monoisotopic (exact) mass is 231 g/mol. The minimum absolute atomic E-state index is 0.00486. The van der Waals surface area contributed by atoms with Crippen LogP contribution in [-0.2, 0) is 19.1 Å². The van der Waals surface area contributed by atoms with Crippen molar-refractivity contribution in [3.63, 3.8) is 0 Å². The number of carbonyl (C=O) groups is 2. The van der Waals surface area contributed by atoms with Crippen LogP contribution in [0.15, 0.2) is 0 Å². The lowest BCUT2D eigenvalue weighted by Gasteiger charge is -2.20. The Morgan fingerprint density at radius 2 is 1.88 bits per heavy atom. The Labute approximate surface area is 96.7 Å². The molecule has 0 spiro atoms. The fourth-order valence-electron chi connectivity index (χ4n) is 1.07. The number of carbonyl (C=O) groups excluding carboxylic acids is 2. The molecule has 0 aliphatic carbocycles. The second-order valence-electron chi connectivity index (χ2n) is 3.57. The molecule has 0 aliphatic rings. The molecule has 0 aliphatic heterocycles. The molecule has 5 nitrogen and oxygen atoms in total. The number of esters is 1. The van der Waals surface area contributed by atoms with Crippen LogP contribution in [0, 0.1) is 0 Å². The van der Waals surface area contributed by atoms with E-state index < -0.39 is 0 Å². The van der Waals surface area contributed by atoms with Crippen molar-refractivity contribution in [2.45, 2.75) is 33.8 Å². The molecular weight excluding hydrogens is 210 g/mol. The van der Waals surface area contributed by atoms with Gasteiger partial charge in [-0.1, -0.05) is 0 Å². The Kier molecular flexibility index (Phi) is 7.54. The van der Waals surface area contributed by atoms with Crippen LogP contribution in [0.2, 0.25) is 0 Å². The van der Waals surface area contributed by atoms with Gasteiger partial charge in [0.25, 0.3) is 0 Å². The average molecular weight is 231 g/mol. The van der Waals surface area contributed by atoms with E-state index in [1.165, 1.54) is 4.90 Å². The molecule has 0 fully saturated rings. The van der Waals surface area contributed by atoms with Gasteiger partial charge in [0.05, 0.1) is 12.7 Å². The minimum Gasteiger partial charge on any atom is -0.465 e. The summed E-state index contributed by atoms with van der Waals surface area (Å²) in [6.07, 6.45) is 0.00486. The van der Waals surface area contributed by atoms with Crippen LogP contribution < -0.4 is 0 Å². The largest absolute Gasteiger partial charge is 0.465 e. The summed E-state index contributed by atoms with van der Waals surface area (Å²) >= 11 is 0. The first kappa shape index (κ1) is 14.9. The van der Waals surface area contributed by atoms with Gasteiger partial charge < -0.3 is 14.4 Å². The van der Waals surface area contributed by atoms with E-state index in [1.54, 1.807) is 6.92 Å². The number of hydrogen-bond donors (Lipinski definition) is 0. The lowest BCUT2D eigenvalue weighted by molar-refractivity contribution is -0.150. The molecule has 0 unspecified atom stereocenters. The summed E-state index contributed by atoms with van der Waals surface area (Å²) in [5.41, 5.74) is 0. The Bertz CT molecular complexity index is 228. The maximum absolute atomic E-state index is 11.6. The zero-order valence-corrected chi connectivity index (χ0v) is 10.5. The van der Waals surface area contributed by atoms with Gasteiger partial charge in [-0.2, -0.15) is 0 Å². The van der Waals surface area contributed by atoms with Crippen molar-refractivity contribution >= 4 is 11.9 Å². The molecular formula is C11H21NO4. The highest BCUT2D eigenvalue weighted by Crippen LogP contribution is 1.95. The number of nitrogens with zero attached hydrogens (tertiary/aromatic N) is 1. The number of rotatable bonds is 7. The van der Waals surface area contributed by atoms with Crippen molar-refractivity contribution in [1.29, 1.82) is 0 Å². The van der Waals surface area contributed by atoms with E-state index in [-0.39, 0.29) is 31.1 Å². The molecule has 0 rings (SSSR count). The van der Waals surface area contributed by atoms with Crippen LogP contribution in [0.4, 0.5) is 0 Å². The van der Waals surface area contributed by atoms with E-state index in [2.05, 4.69) is 0 Å². The molecule has 94 valence electrons. The first-order valence-electron chi connectivity index (χ1n) is 5.56. The number of amides is 1. The van der Waals surface area contributed by atoms with Gasteiger partial charge in [0, 0.05) is 6.54 Å². The normalized spacial score (nSPS) is 10.3. The molecule has 0 aromatic rings. The molecule has 0 bridgehead atoms. The highest BCUT2D eigenvalue weighted by Gasteiger charge is 2.16. The predicted octanol–water partition coefficient (Wildman–Crippen LogP) is 0.823. The highest BCUT2D eigenvalue weighted by molar-refractivity contribution is 5.82. The summed E-state index contributed by atoms with van der Waals surface area (Å²) in [4.78, 5) is 24.2. The van der Waals surface area contributed by atoms with Crippen molar-refractivity contribution in [3.05, 3.63) is 0 Å². The predicted molar refractivity (Wildman–Crippen MR) is 60.0 cm³/mol. The second-order valence-corrected chi connectivity index (χ2v) is 3.57. The average Bonchev–Trinajstić information content (AvgIpc) is 2.22. The van der Waals surface area contributed by atoms with E-state index in [1.807, 2.05) is 20.8 Å². The summed E-state index contributed by atoms with van der Waals surface area (Å²) in [5, 5.41) is 0. The smallest absolute Gasteiger partial charge is 0.325 e. The topological polar surface area (TPSA) is 55.8 Å². The molecule has 5 heteroatoms. The van der Waals surface area contributed by atoms with Crippen LogP contribution in [-0.4, -0.2) is 49.2 Å². The van der Waals surface area contributed by atoms with Gasteiger partial charge >= 0.3 is 5.97 Å². The van der Waals surface area contributed by atoms with Gasteiger partial charge in [0.15, 0.2) is 0 Å². The van der Waals surface area contributed by atoms with E-state index >= 15 is 0 Å². The van der Waals surface area contributed by atoms with E-state index in [0.29, 0.717) is 13.2 Å². The Morgan fingerprint density at radius 3 is 2.31 bits per heavy atom. The van der Waals surface area contributed by atoms with Crippen molar-refractivity contribution in [3.8, 4) is 0 Å². The molecule has 0 aromatic heterocycles. The Balaban J connectivity index is 4.06. The summed E-state index contributed by atoms with van der Waals surface area (Å²) in [5.74, 6) is -0.577. The van der Waals surface area contributed by atoms with Crippen LogP contribution in [0.25, 0.3) is 0 Å². The number of ether oxygens (including phenoxy) is 2. The van der Waals surface area contributed by atoms with E-state index in [4.69, 9.17) is 9.47 Å². The Hall–Kier alpha value is -1.10. The third-order valence-electron chi connectivity index (χ3n) is 1.90. The maximum atomic E-state index is 11.6. The van der Waals surface area contributed by atoms with Crippen LogP contribution in [0.5, 0.6) is 0 Å². The summed E-state index contributed by atoms with van der Waals surface area (Å²) in [6.45, 7) is 8.05. The van der Waals surface area contributed by atoms with E-state index in [0.717, 1.165) is 0 Å². The molecule has 1 amide bonds. The van der Waals surface area contributed by atoms with Crippen LogP contribution >= 0.6 is 0 Å². The molecule has 0 radical (unpaired) electrons. The first-order valence-corrected chi connectivity index (χ1v) is 5.56. The quantitative estimate of drug-likeness (QED) is 0.609. The number of hydrogen-bond acceptors (Lipinski definition) is 4. The van der Waals surface area contributed by atoms with Gasteiger partial charge in [0.1, 0.15) is 13.2 Å². The van der Waals surface area contributed by atoms with Gasteiger partial charge in [-0.25, -0.2) is 0 Å². The third-order valence-corrected chi connectivity index (χ3v) is 1.90. The van der Waals surface area contributed by atoms with Crippen molar-refractivity contribution in [1.82, 2.24) is 4.90 Å². The summed E-state index contributed by atoms with van der Waals surface area (Å²) < 4.78 is 9.96. The van der Waals surface area contributed by atoms with Crippen molar-refractivity contribution in [2.24, 2.45) is 0 Å². The molecule has 0 N–H and O–H groups in total. The zero-order valence-electron chi connectivity index (χ0n) is 10.5. The summed E-state index contributed by atoms with van der Waals surface area (Å²) in [6, 6.07) is 0. The fourth-order valence-corrected chi connectivity index (χ4v) is 1.07. The zero-order chi connectivity index (χ0) is 12.6. The van der Waals surface area contributed by atoms with Crippen LogP contribution in [0.1, 0.15) is 27.7 Å². The van der Waals surface area contributed by atoms with Gasteiger partial charge in [0.2, 0.25) is 5.91 Å². The van der Waals surface area contributed by atoms with Gasteiger partial charge in [-0.3, -0.25) is 9.59 Å².